The average Bonchev–Trinajstić information content (AvgIpc) is 2.15. The van der Waals surface area contributed by atoms with Crippen LogP contribution in [0.5, 0.6) is 0 Å². The molecule has 0 saturated heterocycles. The highest BCUT2D eigenvalue weighted by Crippen LogP contribution is 2.06. The fourth-order valence-corrected chi connectivity index (χ4v) is 1.23. The van der Waals surface area contributed by atoms with Crippen molar-refractivity contribution in [3.8, 4) is 6.07 Å². The van der Waals surface area contributed by atoms with Gasteiger partial charge in [0.2, 0.25) is 0 Å². The molecule has 0 heterocycles. The number of ether oxygens (including phenoxy) is 1. The molecule has 0 bridgehead atoms. The minimum absolute atomic E-state index is 0.195. The first kappa shape index (κ1) is 13.0. The Morgan fingerprint density at radius 2 is 1.71 bits per heavy atom. The fourth-order valence-electron chi connectivity index (χ4n) is 1.23. The molecule has 0 aliphatic carbocycles. The van der Waals surface area contributed by atoms with E-state index in [1.54, 1.807) is 0 Å². The number of rotatable bonds is 8. The van der Waals surface area contributed by atoms with E-state index in [0.29, 0.717) is 13.0 Å². The molecule has 0 aromatic rings. The maximum atomic E-state index is 10.4. The molecule has 0 unspecified atom stereocenters. The van der Waals surface area contributed by atoms with Gasteiger partial charge in [0.25, 0.3) is 0 Å². The Bertz CT molecular complexity index is 184. The van der Waals surface area contributed by atoms with Crippen molar-refractivity contribution in [1.82, 2.24) is 0 Å². The normalized spacial score (nSPS) is 9.43. The van der Waals surface area contributed by atoms with Crippen molar-refractivity contribution in [3.05, 3.63) is 0 Å². The lowest BCUT2D eigenvalue weighted by atomic mass is 10.1. The van der Waals surface area contributed by atoms with Crippen LogP contribution >= 0.6 is 0 Å². The second-order valence-electron chi connectivity index (χ2n) is 3.37. The zero-order valence-corrected chi connectivity index (χ0v) is 8.92. The number of unbranched alkanes of at least 4 members (excludes halogenated alkanes) is 6. The van der Waals surface area contributed by atoms with Crippen LogP contribution in [-0.2, 0) is 9.53 Å². The number of carbonyl (C=O) groups excluding carboxylic acids is 1. The summed E-state index contributed by atoms with van der Waals surface area (Å²) in [5.41, 5.74) is 0. The van der Waals surface area contributed by atoms with Crippen molar-refractivity contribution in [1.29, 1.82) is 5.26 Å². The zero-order chi connectivity index (χ0) is 10.6. The lowest BCUT2D eigenvalue weighted by molar-refractivity contribution is -0.141. The van der Waals surface area contributed by atoms with Crippen molar-refractivity contribution in [3.63, 3.8) is 0 Å². The van der Waals surface area contributed by atoms with Gasteiger partial charge in [-0.05, 0) is 12.8 Å². The highest BCUT2D eigenvalue weighted by Gasteiger charge is 1.93. The third-order valence-electron chi connectivity index (χ3n) is 1.99. The zero-order valence-electron chi connectivity index (χ0n) is 8.92. The lowest BCUT2D eigenvalue weighted by Gasteiger charge is -2.01. The minimum Gasteiger partial charge on any atom is -0.466 e. The quantitative estimate of drug-likeness (QED) is 0.444. The molecular formula is C11H19NO2. The van der Waals surface area contributed by atoms with Gasteiger partial charge in [-0.15, -0.1) is 0 Å². The number of hydrogen-bond donors (Lipinski definition) is 0. The molecule has 3 nitrogen and oxygen atoms in total. The van der Waals surface area contributed by atoms with E-state index in [2.05, 4.69) is 6.07 Å². The van der Waals surface area contributed by atoms with Crippen molar-refractivity contribution >= 4 is 5.97 Å². The summed E-state index contributed by atoms with van der Waals surface area (Å²) < 4.78 is 4.80. The lowest BCUT2D eigenvalue weighted by Crippen LogP contribution is -1.99. The predicted octanol–water partition coefficient (Wildman–Crippen LogP) is 2.80. The Hall–Kier alpha value is -1.04. The molecule has 14 heavy (non-hydrogen) atoms. The van der Waals surface area contributed by atoms with Crippen LogP contribution in [-0.4, -0.2) is 12.6 Å². The van der Waals surface area contributed by atoms with Crippen LogP contribution in [0, 0.1) is 11.3 Å². The van der Waals surface area contributed by atoms with Crippen LogP contribution in [0.4, 0.5) is 0 Å². The summed E-state index contributed by atoms with van der Waals surface area (Å²) in [4.78, 5) is 10.4. The Balaban J connectivity index is 2.93. The van der Waals surface area contributed by atoms with E-state index in [0.717, 1.165) is 25.7 Å². The van der Waals surface area contributed by atoms with Crippen molar-refractivity contribution in [2.24, 2.45) is 0 Å². The minimum atomic E-state index is -0.195. The molecule has 3 heteroatoms. The molecule has 0 aromatic carbocycles. The molecule has 0 rings (SSSR count). The first-order chi connectivity index (χ1) is 6.77. The van der Waals surface area contributed by atoms with E-state index in [1.165, 1.54) is 19.8 Å². The van der Waals surface area contributed by atoms with Gasteiger partial charge in [-0.1, -0.05) is 25.7 Å². The van der Waals surface area contributed by atoms with Gasteiger partial charge in [-0.2, -0.15) is 5.26 Å². The highest BCUT2D eigenvalue weighted by atomic mass is 16.5. The first-order valence-corrected chi connectivity index (χ1v) is 5.27. The second kappa shape index (κ2) is 10.0. The molecule has 0 radical (unpaired) electrons. The molecule has 0 fully saturated rings. The molecule has 0 N–H and O–H groups in total. The van der Waals surface area contributed by atoms with E-state index in [1.807, 2.05) is 0 Å². The van der Waals surface area contributed by atoms with Crippen LogP contribution in [0.1, 0.15) is 51.9 Å². The van der Waals surface area contributed by atoms with Gasteiger partial charge >= 0.3 is 5.97 Å². The summed E-state index contributed by atoms with van der Waals surface area (Å²) in [6, 6.07) is 2.13. The molecule has 0 spiro atoms. The molecule has 0 aromatic heterocycles. The smallest absolute Gasteiger partial charge is 0.302 e. The summed E-state index contributed by atoms with van der Waals surface area (Å²) in [5.74, 6) is -0.195. The van der Waals surface area contributed by atoms with Gasteiger partial charge in [0.15, 0.2) is 0 Å². The molecular weight excluding hydrogens is 178 g/mol. The fraction of sp³-hybridized carbons (Fsp3) is 0.818. The van der Waals surface area contributed by atoms with E-state index < -0.39 is 0 Å². The van der Waals surface area contributed by atoms with E-state index in [-0.39, 0.29) is 5.97 Å². The summed E-state index contributed by atoms with van der Waals surface area (Å²) in [5, 5.41) is 8.29. The summed E-state index contributed by atoms with van der Waals surface area (Å²) in [7, 11) is 0. The monoisotopic (exact) mass is 197 g/mol. The number of hydrogen-bond acceptors (Lipinski definition) is 3. The van der Waals surface area contributed by atoms with Crippen LogP contribution in [0.15, 0.2) is 0 Å². The summed E-state index contributed by atoms with van der Waals surface area (Å²) in [6.45, 7) is 1.98. The summed E-state index contributed by atoms with van der Waals surface area (Å²) in [6.07, 6.45) is 7.25. The van der Waals surface area contributed by atoms with Crippen molar-refractivity contribution in [2.75, 3.05) is 6.61 Å². The number of esters is 1. The Morgan fingerprint density at radius 3 is 2.29 bits per heavy atom. The molecule has 0 aliphatic heterocycles. The Labute approximate surface area is 86.1 Å². The first-order valence-electron chi connectivity index (χ1n) is 5.27. The van der Waals surface area contributed by atoms with E-state index in [9.17, 15) is 4.79 Å². The molecule has 0 atom stereocenters. The third-order valence-corrected chi connectivity index (χ3v) is 1.99. The van der Waals surface area contributed by atoms with Crippen LogP contribution < -0.4 is 0 Å². The highest BCUT2D eigenvalue weighted by molar-refractivity contribution is 5.65. The third kappa shape index (κ3) is 11.0. The van der Waals surface area contributed by atoms with Crippen molar-refractivity contribution < 1.29 is 9.53 Å². The van der Waals surface area contributed by atoms with E-state index >= 15 is 0 Å². The van der Waals surface area contributed by atoms with Crippen LogP contribution in [0.3, 0.4) is 0 Å². The molecule has 80 valence electrons. The van der Waals surface area contributed by atoms with E-state index in [4.69, 9.17) is 10.00 Å². The van der Waals surface area contributed by atoms with Gasteiger partial charge in [0, 0.05) is 13.3 Å². The number of nitriles is 1. The standard InChI is InChI=1S/C11H19NO2/c1-11(13)14-10-8-6-4-2-3-5-7-9-12/h2-8,10H2,1H3. The summed E-state index contributed by atoms with van der Waals surface area (Å²) >= 11 is 0. The molecule has 0 aliphatic rings. The van der Waals surface area contributed by atoms with Crippen LogP contribution in [0.2, 0.25) is 0 Å². The predicted molar refractivity (Wildman–Crippen MR) is 54.6 cm³/mol. The maximum Gasteiger partial charge on any atom is 0.302 e. The van der Waals surface area contributed by atoms with Gasteiger partial charge in [-0.25, -0.2) is 0 Å². The van der Waals surface area contributed by atoms with Gasteiger partial charge in [0.05, 0.1) is 12.7 Å². The molecule has 0 saturated carbocycles. The topological polar surface area (TPSA) is 50.1 Å². The maximum absolute atomic E-state index is 10.4. The Morgan fingerprint density at radius 1 is 1.14 bits per heavy atom. The van der Waals surface area contributed by atoms with Crippen molar-refractivity contribution in [2.45, 2.75) is 51.9 Å². The van der Waals surface area contributed by atoms with Crippen LogP contribution in [0.25, 0.3) is 0 Å². The second-order valence-corrected chi connectivity index (χ2v) is 3.37. The molecule has 0 amide bonds. The SMILES string of the molecule is CC(=O)OCCCCCCCCC#N. The largest absolute Gasteiger partial charge is 0.466 e. The number of carbonyl (C=O) groups is 1. The number of nitrogens with zero attached hydrogens (tertiary/aromatic N) is 1. The Kier molecular flexibility index (Phi) is 9.30. The van der Waals surface area contributed by atoms with Gasteiger partial charge < -0.3 is 4.74 Å². The van der Waals surface area contributed by atoms with Gasteiger partial charge in [-0.3, -0.25) is 4.79 Å². The average molecular weight is 197 g/mol. The van der Waals surface area contributed by atoms with Gasteiger partial charge in [0.1, 0.15) is 0 Å².